The van der Waals surface area contributed by atoms with E-state index in [1.165, 1.54) is 12.1 Å². The van der Waals surface area contributed by atoms with Gasteiger partial charge in [-0.15, -0.1) is 0 Å². The number of rotatable bonds is 1. The first-order chi connectivity index (χ1) is 8.33. The Kier molecular flexibility index (Phi) is 2.37. The van der Waals surface area contributed by atoms with Gasteiger partial charge in [-0.3, -0.25) is 0 Å². The van der Waals surface area contributed by atoms with Crippen LogP contribution in [0.4, 0.5) is 10.1 Å². The van der Waals surface area contributed by atoms with Crippen LogP contribution < -0.4 is 5.32 Å². The maximum atomic E-state index is 13.0. The van der Waals surface area contributed by atoms with Gasteiger partial charge in [0.1, 0.15) is 11.7 Å². The van der Waals surface area contributed by atoms with Crippen molar-refractivity contribution in [3.8, 4) is 0 Å². The molecule has 84 valence electrons. The topological polar surface area (TPSA) is 24.4 Å². The monoisotopic (exact) mass is 226 g/mol. The quantitative estimate of drug-likeness (QED) is 0.794. The second-order valence-electron chi connectivity index (χ2n) is 3.95. The predicted molar refractivity (Wildman–Crippen MR) is 65.9 cm³/mol. The Morgan fingerprint density at radius 3 is 2.71 bits per heavy atom. The first-order valence-corrected chi connectivity index (χ1v) is 5.49. The number of amidine groups is 1. The number of nitrogens with zero attached hydrogens (tertiary/aromatic N) is 1. The van der Waals surface area contributed by atoms with Crippen LogP contribution in [0.5, 0.6) is 0 Å². The van der Waals surface area contributed by atoms with E-state index in [1.54, 1.807) is 6.07 Å². The number of fused-ring (bicyclic) bond motifs is 1. The molecule has 0 saturated carbocycles. The van der Waals surface area contributed by atoms with Crippen molar-refractivity contribution in [2.75, 3.05) is 0 Å². The van der Waals surface area contributed by atoms with Crippen molar-refractivity contribution in [2.24, 2.45) is 4.99 Å². The average Bonchev–Trinajstić information content (AvgIpc) is 2.39. The maximum Gasteiger partial charge on any atom is 0.134 e. The fourth-order valence-electron chi connectivity index (χ4n) is 1.91. The van der Waals surface area contributed by atoms with Crippen LogP contribution >= 0.6 is 0 Å². The summed E-state index contributed by atoms with van der Waals surface area (Å²) in [5, 5.41) is 3.20. The van der Waals surface area contributed by atoms with E-state index >= 15 is 0 Å². The van der Waals surface area contributed by atoms with Gasteiger partial charge in [0.2, 0.25) is 0 Å². The van der Waals surface area contributed by atoms with Crippen LogP contribution in [0.25, 0.3) is 0 Å². The molecule has 2 aromatic rings. The Hall–Kier alpha value is -2.16. The summed E-state index contributed by atoms with van der Waals surface area (Å²) in [6.45, 7) is 0.612. The highest BCUT2D eigenvalue weighted by Gasteiger charge is 2.12. The molecule has 0 aromatic heterocycles. The summed E-state index contributed by atoms with van der Waals surface area (Å²) in [5.41, 5.74) is 2.77. The Morgan fingerprint density at radius 1 is 1.06 bits per heavy atom. The summed E-state index contributed by atoms with van der Waals surface area (Å²) in [5.74, 6) is 0.619. The van der Waals surface area contributed by atoms with E-state index < -0.39 is 0 Å². The third-order valence-corrected chi connectivity index (χ3v) is 2.77. The minimum Gasteiger partial charge on any atom is -0.365 e. The minimum absolute atomic E-state index is 0.219. The summed E-state index contributed by atoms with van der Waals surface area (Å²) in [7, 11) is 0. The molecule has 17 heavy (non-hydrogen) atoms. The van der Waals surface area contributed by atoms with E-state index in [0.717, 1.165) is 22.6 Å². The van der Waals surface area contributed by atoms with Crippen LogP contribution in [0.3, 0.4) is 0 Å². The number of halogens is 1. The molecule has 0 saturated heterocycles. The molecule has 3 rings (SSSR count). The first-order valence-electron chi connectivity index (χ1n) is 5.49. The van der Waals surface area contributed by atoms with Gasteiger partial charge in [-0.25, -0.2) is 9.38 Å². The van der Waals surface area contributed by atoms with E-state index in [4.69, 9.17) is 0 Å². The largest absolute Gasteiger partial charge is 0.365 e. The molecule has 3 heteroatoms. The Bertz CT molecular complexity index is 576. The molecule has 0 radical (unpaired) electrons. The smallest absolute Gasteiger partial charge is 0.134 e. The summed E-state index contributed by atoms with van der Waals surface area (Å²) in [4.78, 5) is 4.50. The fraction of sp³-hybridized carbons (Fsp3) is 0.0714. The first kappa shape index (κ1) is 10.0. The van der Waals surface area contributed by atoms with Crippen molar-refractivity contribution < 1.29 is 4.39 Å². The van der Waals surface area contributed by atoms with Gasteiger partial charge in [0.25, 0.3) is 0 Å². The molecular weight excluding hydrogens is 215 g/mol. The van der Waals surface area contributed by atoms with Gasteiger partial charge in [-0.1, -0.05) is 30.3 Å². The predicted octanol–water partition coefficient (Wildman–Crippen LogP) is 3.01. The van der Waals surface area contributed by atoms with Crippen molar-refractivity contribution in [1.82, 2.24) is 5.32 Å². The molecule has 0 amide bonds. The maximum absolute atomic E-state index is 13.0. The molecule has 1 heterocycles. The molecule has 2 nitrogen and oxygen atoms in total. The number of aliphatic imine (C=N–C) groups is 1. The van der Waals surface area contributed by atoms with Gasteiger partial charge in [0.15, 0.2) is 0 Å². The Labute approximate surface area is 98.8 Å². The molecule has 1 aliphatic rings. The van der Waals surface area contributed by atoms with E-state index in [1.807, 2.05) is 30.3 Å². The van der Waals surface area contributed by atoms with Crippen LogP contribution in [0.2, 0.25) is 0 Å². The molecule has 0 atom stereocenters. The molecule has 0 aliphatic carbocycles. The van der Waals surface area contributed by atoms with Gasteiger partial charge in [-0.2, -0.15) is 0 Å². The molecule has 1 N–H and O–H groups in total. The van der Waals surface area contributed by atoms with E-state index in [2.05, 4.69) is 10.3 Å². The van der Waals surface area contributed by atoms with Gasteiger partial charge in [0, 0.05) is 12.1 Å². The molecule has 1 aliphatic heterocycles. The van der Waals surface area contributed by atoms with Gasteiger partial charge < -0.3 is 5.32 Å². The lowest BCUT2D eigenvalue weighted by Gasteiger charge is -2.17. The third kappa shape index (κ3) is 1.91. The standard InChI is InChI=1S/C14H11FN2/c15-12-6-7-13-11(8-12)9-16-14(17-13)10-4-2-1-3-5-10/h1-8H,9H2,(H,16,17). The van der Waals surface area contributed by atoms with Crippen molar-refractivity contribution in [3.63, 3.8) is 0 Å². The Morgan fingerprint density at radius 2 is 1.88 bits per heavy atom. The molecular formula is C14H11FN2. The van der Waals surface area contributed by atoms with E-state index in [9.17, 15) is 4.39 Å². The Balaban J connectivity index is 2.03. The van der Waals surface area contributed by atoms with Crippen molar-refractivity contribution >= 4 is 11.5 Å². The summed E-state index contributed by atoms with van der Waals surface area (Å²) in [6, 6.07) is 14.6. The normalized spacial score (nSPS) is 13.6. The lowest BCUT2D eigenvalue weighted by molar-refractivity contribution is 0.624. The molecule has 0 fully saturated rings. The van der Waals surface area contributed by atoms with Crippen LogP contribution in [0.15, 0.2) is 53.5 Å². The lowest BCUT2D eigenvalue weighted by atomic mass is 10.1. The number of hydrogen-bond acceptors (Lipinski definition) is 2. The zero-order valence-electron chi connectivity index (χ0n) is 9.15. The van der Waals surface area contributed by atoms with Crippen molar-refractivity contribution in [2.45, 2.75) is 6.54 Å². The van der Waals surface area contributed by atoms with Gasteiger partial charge in [-0.05, 0) is 23.8 Å². The van der Waals surface area contributed by atoms with Gasteiger partial charge in [0.05, 0.1) is 5.69 Å². The highest BCUT2D eigenvalue weighted by molar-refractivity contribution is 6.01. The summed E-state index contributed by atoms with van der Waals surface area (Å²) < 4.78 is 13.0. The molecule has 0 bridgehead atoms. The number of nitrogens with one attached hydrogen (secondary N) is 1. The third-order valence-electron chi connectivity index (χ3n) is 2.77. The summed E-state index contributed by atoms with van der Waals surface area (Å²) >= 11 is 0. The van der Waals surface area contributed by atoms with Crippen LogP contribution in [0, 0.1) is 5.82 Å². The van der Waals surface area contributed by atoms with Crippen LogP contribution in [0.1, 0.15) is 11.1 Å². The van der Waals surface area contributed by atoms with Crippen molar-refractivity contribution in [3.05, 3.63) is 65.5 Å². The van der Waals surface area contributed by atoms with E-state index in [0.29, 0.717) is 6.54 Å². The number of hydrogen-bond donors (Lipinski definition) is 1. The highest BCUT2D eigenvalue weighted by Crippen LogP contribution is 2.24. The molecule has 0 spiro atoms. The van der Waals surface area contributed by atoms with Crippen LogP contribution in [-0.4, -0.2) is 5.84 Å². The zero-order chi connectivity index (χ0) is 11.7. The zero-order valence-corrected chi connectivity index (χ0v) is 9.15. The second kappa shape index (κ2) is 4.01. The van der Waals surface area contributed by atoms with Crippen molar-refractivity contribution in [1.29, 1.82) is 0 Å². The van der Waals surface area contributed by atoms with Gasteiger partial charge >= 0.3 is 0 Å². The highest BCUT2D eigenvalue weighted by atomic mass is 19.1. The summed E-state index contributed by atoms with van der Waals surface area (Å²) in [6.07, 6.45) is 0. The SMILES string of the molecule is Fc1ccc2c(c1)CNC(c1ccccc1)=N2. The van der Waals surface area contributed by atoms with Crippen LogP contribution in [-0.2, 0) is 6.54 Å². The fourth-order valence-corrected chi connectivity index (χ4v) is 1.91. The number of benzene rings is 2. The average molecular weight is 226 g/mol. The van der Waals surface area contributed by atoms with E-state index in [-0.39, 0.29) is 5.82 Å². The second-order valence-corrected chi connectivity index (χ2v) is 3.95. The molecule has 2 aromatic carbocycles. The minimum atomic E-state index is -0.219. The molecule has 0 unspecified atom stereocenters. The lowest BCUT2D eigenvalue weighted by Crippen LogP contribution is -2.26.